The van der Waals surface area contributed by atoms with Crippen LogP contribution in [0, 0.1) is 6.92 Å². The highest BCUT2D eigenvalue weighted by atomic mass is 16.5. The van der Waals surface area contributed by atoms with E-state index in [1.807, 2.05) is 42.8 Å². The molecule has 0 aliphatic rings. The van der Waals surface area contributed by atoms with Gasteiger partial charge < -0.3 is 19.4 Å². The Labute approximate surface area is 140 Å². The minimum atomic E-state index is -0.159. The number of benzene rings is 2. The van der Waals surface area contributed by atoms with Gasteiger partial charge in [0.05, 0.1) is 25.5 Å². The third-order valence-electron chi connectivity index (χ3n) is 4.28. The van der Waals surface area contributed by atoms with Crippen LogP contribution in [-0.2, 0) is 7.05 Å². The van der Waals surface area contributed by atoms with Crippen molar-refractivity contribution in [2.45, 2.75) is 6.92 Å². The number of aryl methyl sites for hydroxylation is 1. The van der Waals surface area contributed by atoms with Crippen molar-refractivity contribution in [3.63, 3.8) is 0 Å². The van der Waals surface area contributed by atoms with Crippen molar-refractivity contribution in [1.82, 2.24) is 4.57 Å². The summed E-state index contributed by atoms with van der Waals surface area (Å²) in [5.41, 5.74) is 3.23. The number of rotatable bonds is 4. The van der Waals surface area contributed by atoms with Gasteiger partial charge in [0, 0.05) is 29.7 Å². The van der Waals surface area contributed by atoms with Gasteiger partial charge >= 0.3 is 0 Å². The second-order valence-corrected chi connectivity index (χ2v) is 5.56. The molecule has 0 saturated carbocycles. The molecule has 3 rings (SSSR count). The second kappa shape index (κ2) is 6.28. The third kappa shape index (κ3) is 2.58. The molecule has 1 amide bonds. The fraction of sp³-hybridized carbons (Fsp3) is 0.211. The van der Waals surface area contributed by atoms with Crippen LogP contribution in [0.2, 0.25) is 0 Å². The highest BCUT2D eigenvalue weighted by Crippen LogP contribution is 2.31. The highest BCUT2D eigenvalue weighted by Gasteiger charge is 2.19. The molecule has 0 aliphatic carbocycles. The van der Waals surface area contributed by atoms with E-state index in [1.165, 1.54) is 0 Å². The quantitative estimate of drug-likeness (QED) is 0.795. The molecule has 24 heavy (non-hydrogen) atoms. The summed E-state index contributed by atoms with van der Waals surface area (Å²) >= 11 is 0. The Morgan fingerprint density at radius 3 is 2.54 bits per heavy atom. The van der Waals surface area contributed by atoms with E-state index in [-0.39, 0.29) is 5.91 Å². The third-order valence-corrected chi connectivity index (χ3v) is 4.28. The van der Waals surface area contributed by atoms with Crippen LogP contribution in [0.3, 0.4) is 0 Å². The van der Waals surface area contributed by atoms with Gasteiger partial charge in [0.15, 0.2) is 0 Å². The van der Waals surface area contributed by atoms with Crippen molar-refractivity contribution < 1.29 is 14.3 Å². The summed E-state index contributed by atoms with van der Waals surface area (Å²) in [5, 5.41) is 3.88. The van der Waals surface area contributed by atoms with Gasteiger partial charge in [-0.1, -0.05) is 18.2 Å². The predicted octanol–water partition coefficient (Wildman–Crippen LogP) is 3.76. The lowest BCUT2D eigenvalue weighted by Crippen LogP contribution is -2.14. The maximum atomic E-state index is 12.9. The molecule has 0 aliphatic heterocycles. The van der Waals surface area contributed by atoms with E-state index >= 15 is 0 Å². The fourth-order valence-electron chi connectivity index (χ4n) is 2.89. The number of aromatic nitrogens is 1. The van der Waals surface area contributed by atoms with Gasteiger partial charge in [0.2, 0.25) is 0 Å². The number of hydrogen-bond donors (Lipinski definition) is 1. The van der Waals surface area contributed by atoms with Crippen LogP contribution in [0.5, 0.6) is 11.5 Å². The molecule has 0 bridgehead atoms. The van der Waals surface area contributed by atoms with Crippen LogP contribution >= 0.6 is 0 Å². The van der Waals surface area contributed by atoms with Gasteiger partial charge in [0.25, 0.3) is 5.91 Å². The average Bonchev–Trinajstić information content (AvgIpc) is 2.86. The van der Waals surface area contributed by atoms with Crippen molar-refractivity contribution in [1.29, 1.82) is 0 Å². The minimum absolute atomic E-state index is 0.159. The molecule has 1 heterocycles. The van der Waals surface area contributed by atoms with Crippen LogP contribution in [0.1, 0.15) is 16.1 Å². The number of ether oxygens (including phenoxy) is 2. The molecule has 0 saturated heterocycles. The Bertz CT molecular complexity index is 912. The maximum absolute atomic E-state index is 12.9. The van der Waals surface area contributed by atoms with E-state index in [9.17, 15) is 4.79 Å². The summed E-state index contributed by atoms with van der Waals surface area (Å²) < 4.78 is 12.6. The van der Waals surface area contributed by atoms with Gasteiger partial charge in [-0.3, -0.25) is 4.79 Å². The number of hydrogen-bond acceptors (Lipinski definition) is 3. The largest absolute Gasteiger partial charge is 0.497 e. The molecular weight excluding hydrogens is 304 g/mol. The van der Waals surface area contributed by atoms with E-state index in [2.05, 4.69) is 5.32 Å². The van der Waals surface area contributed by atoms with Crippen LogP contribution in [0.15, 0.2) is 42.5 Å². The lowest BCUT2D eigenvalue weighted by molar-refractivity contribution is 0.102. The Kier molecular flexibility index (Phi) is 4.16. The zero-order valence-corrected chi connectivity index (χ0v) is 14.2. The van der Waals surface area contributed by atoms with Gasteiger partial charge in [-0.25, -0.2) is 0 Å². The molecule has 3 aromatic rings. The summed E-state index contributed by atoms with van der Waals surface area (Å²) in [4.78, 5) is 12.9. The SMILES string of the molecule is COc1ccc(NC(=O)c2c(C)n(C)c3ccccc23)c(OC)c1. The van der Waals surface area contributed by atoms with Crippen molar-refractivity contribution in [3.8, 4) is 11.5 Å². The fourth-order valence-corrected chi connectivity index (χ4v) is 2.89. The topological polar surface area (TPSA) is 52.5 Å². The summed E-state index contributed by atoms with van der Waals surface area (Å²) in [7, 11) is 5.11. The van der Waals surface area contributed by atoms with Crippen molar-refractivity contribution in [2.24, 2.45) is 7.05 Å². The molecule has 5 nitrogen and oxygen atoms in total. The van der Waals surface area contributed by atoms with Crippen LogP contribution in [-0.4, -0.2) is 24.7 Å². The van der Waals surface area contributed by atoms with E-state index in [1.54, 1.807) is 32.4 Å². The smallest absolute Gasteiger partial charge is 0.258 e. The summed E-state index contributed by atoms with van der Waals surface area (Å²) in [6.07, 6.45) is 0. The van der Waals surface area contributed by atoms with Crippen molar-refractivity contribution in [3.05, 3.63) is 53.7 Å². The molecule has 0 unspecified atom stereocenters. The standard InChI is InChI=1S/C19H20N2O3/c1-12-18(14-7-5-6-8-16(14)21(12)2)19(22)20-15-10-9-13(23-3)11-17(15)24-4/h5-11H,1-4H3,(H,20,22). The number of para-hydroxylation sites is 1. The van der Waals surface area contributed by atoms with Gasteiger partial charge in [-0.15, -0.1) is 0 Å². The van der Waals surface area contributed by atoms with E-state index < -0.39 is 0 Å². The number of fused-ring (bicyclic) bond motifs is 1. The van der Waals surface area contributed by atoms with Gasteiger partial charge in [-0.2, -0.15) is 0 Å². The molecule has 0 radical (unpaired) electrons. The zero-order valence-electron chi connectivity index (χ0n) is 14.2. The second-order valence-electron chi connectivity index (χ2n) is 5.56. The van der Waals surface area contributed by atoms with Crippen LogP contribution in [0.25, 0.3) is 10.9 Å². The van der Waals surface area contributed by atoms with E-state index in [0.717, 1.165) is 16.6 Å². The molecule has 5 heteroatoms. The normalized spacial score (nSPS) is 10.7. The number of carbonyl (C=O) groups is 1. The summed E-state index contributed by atoms with van der Waals surface area (Å²) in [6, 6.07) is 13.2. The Morgan fingerprint density at radius 2 is 1.83 bits per heavy atom. The van der Waals surface area contributed by atoms with E-state index in [0.29, 0.717) is 22.7 Å². The molecule has 1 N–H and O–H groups in total. The number of amides is 1. The van der Waals surface area contributed by atoms with Crippen LogP contribution in [0.4, 0.5) is 5.69 Å². The number of carbonyl (C=O) groups excluding carboxylic acids is 1. The van der Waals surface area contributed by atoms with E-state index in [4.69, 9.17) is 9.47 Å². The Balaban J connectivity index is 2.01. The number of methoxy groups -OCH3 is 2. The number of nitrogens with zero attached hydrogens (tertiary/aromatic N) is 1. The van der Waals surface area contributed by atoms with Gasteiger partial charge in [0.1, 0.15) is 11.5 Å². The zero-order chi connectivity index (χ0) is 17.3. The van der Waals surface area contributed by atoms with Crippen LogP contribution < -0.4 is 14.8 Å². The highest BCUT2D eigenvalue weighted by molar-refractivity contribution is 6.14. The number of anilines is 1. The van der Waals surface area contributed by atoms with Gasteiger partial charge in [-0.05, 0) is 25.1 Å². The van der Waals surface area contributed by atoms with Crippen molar-refractivity contribution in [2.75, 3.05) is 19.5 Å². The molecule has 0 fully saturated rings. The Morgan fingerprint density at radius 1 is 1.08 bits per heavy atom. The molecule has 1 aromatic heterocycles. The first-order valence-corrected chi connectivity index (χ1v) is 7.64. The summed E-state index contributed by atoms with van der Waals surface area (Å²) in [5.74, 6) is 1.07. The lowest BCUT2D eigenvalue weighted by Gasteiger charge is -2.12. The first-order chi connectivity index (χ1) is 11.6. The lowest BCUT2D eigenvalue weighted by atomic mass is 10.1. The molecule has 124 valence electrons. The predicted molar refractivity (Wildman–Crippen MR) is 95.2 cm³/mol. The minimum Gasteiger partial charge on any atom is -0.497 e. The molecule has 2 aromatic carbocycles. The first kappa shape index (κ1) is 15.9. The number of nitrogens with one attached hydrogen (secondary N) is 1. The molecule has 0 spiro atoms. The molecular formula is C19H20N2O3. The monoisotopic (exact) mass is 324 g/mol. The summed E-state index contributed by atoms with van der Waals surface area (Å²) in [6.45, 7) is 1.94. The Hall–Kier alpha value is -2.95. The first-order valence-electron chi connectivity index (χ1n) is 7.64. The molecule has 0 atom stereocenters. The van der Waals surface area contributed by atoms with Crippen molar-refractivity contribution >= 4 is 22.5 Å². The average molecular weight is 324 g/mol. The maximum Gasteiger partial charge on any atom is 0.258 e.